The van der Waals surface area contributed by atoms with E-state index in [0.717, 1.165) is 25.9 Å². The zero-order valence-electron chi connectivity index (χ0n) is 11.7. The SMILES string of the molecule is CCO[Si](C)(CCCCCCC1CO1)OCC. The monoisotopic (exact) mass is 260 g/mol. The zero-order valence-corrected chi connectivity index (χ0v) is 12.7. The van der Waals surface area contributed by atoms with Crippen LogP contribution in [-0.2, 0) is 13.6 Å². The molecule has 1 aliphatic rings. The van der Waals surface area contributed by atoms with E-state index < -0.39 is 8.56 Å². The Morgan fingerprint density at radius 1 is 1.06 bits per heavy atom. The minimum Gasteiger partial charge on any atom is -0.395 e. The summed E-state index contributed by atoms with van der Waals surface area (Å²) in [5, 5.41) is 0. The fourth-order valence-electron chi connectivity index (χ4n) is 2.20. The minimum atomic E-state index is -1.84. The molecule has 17 heavy (non-hydrogen) atoms. The predicted molar refractivity (Wildman–Crippen MR) is 72.5 cm³/mol. The van der Waals surface area contributed by atoms with Crippen molar-refractivity contribution in [3.8, 4) is 0 Å². The Kier molecular flexibility index (Phi) is 7.35. The lowest BCUT2D eigenvalue weighted by Crippen LogP contribution is -2.38. The van der Waals surface area contributed by atoms with Crippen molar-refractivity contribution in [3.05, 3.63) is 0 Å². The van der Waals surface area contributed by atoms with E-state index >= 15 is 0 Å². The molecule has 0 aromatic rings. The van der Waals surface area contributed by atoms with Gasteiger partial charge in [0, 0.05) is 13.2 Å². The first-order valence-corrected chi connectivity index (χ1v) is 9.62. The van der Waals surface area contributed by atoms with Crippen molar-refractivity contribution in [2.45, 2.75) is 64.6 Å². The molecule has 0 spiro atoms. The van der Waals surface area contributed by atoms with E-state index in [1.54, 1.807) is 0 Å². The van der Waals surface area contributed by atoms with Crippen LogP contribution in [0.4, 0.5) is 0 Å². The number of hydrogen-bond acceptors (Lipinski definition) is 3. The van der Waals surface area contributed by atoms with E-state index in [4.69, 9.17) is 13.6 Å². The first-order chi connectivity index (χ1) is 8.20. The van der Waals surface area contributed by atoms with E-state index in [-0.39, 0.29) is 0 Å². The molecule has 1 saturated heterocycles. The van der Waals surface area contributed by atoms with Crippen molar-refractivity contribution in [2.24, 2.45) is 0 Å². The average molecular weight is 260 g/mol. The minimum absolute atomic E-state index is 0.599. The maximum absolute atomic E-state index is 5.82. The zero-order chi connectivity index (χ0) is 12.6. The van der Waals surface area contributed by atoms with Crippen LogP contribution in [0.15, 0.2) is 0 Å². The Labute approximate surface area is 107 Å². The van der Waals surface area contributed by atoms with Gasteiger partial charge in [0.05, 0.1) is 12.7 Å². The van der Waals surface area contributed by atoms with Gasteiger partial charge in [0.1, 0.15) is 0 Å². The predicted octanol–water partition coefficient (Wildman–Crippen LogP) is 3.48. The summed E-state index contributed by atoms with van der Waals surface area (Å²) in [6, 6.07) is 1.13. The molecule has 0 radical (unpaired) electrons. The van der Waals surface area contributed by atoms with Crippen molar-refractivity contribution >= 4 is 8.56 Å². The fraction of sp³-hybridized carbons (Fsp3) is 1.00. The number of unbranched alkanes of at least 4 members (excludes halogenated alkanes) is 3. The first kappa shape index (κ1) is 15.2. The highest BCUT2D eigenvalue weighted by Crippen LogP contribution is 2.21. The second kappa shape index (κ2) is 8.24. The van der Waals surface area contributed by atoms with Crippen molar-refractivity contribution in [1.82, 2.24) is 0 Å². The van der Waals surface area contributed by atoms with Gasteiger partial charge in [-0.2, -0.15) is 0 Å². The number of ether oxygens (including phenoxy) is 1. The lowest BCUT2D eigenvalue weighted by Gasteiger charge is -2.25. The summed E-state index contributed by atoms with van der Waals surface area (Å²) in [4.78, 5) is 0. The molecule has 1 heterocycles. The highest BCUT2D eigenvalue weighted by Gasteiger charge is 2.29. The third kappa shape index (κ3) is 7.19. The Hall–Kier alpha value is 0.0969. The molecule has 0 aromatic heterocycles. The molecule has 1 unspecified atom stereocenters. The van der Waals surface area contributed by atoms with Crippen molar-refractivity contribution < 1.29 is 13.6 Å². The maximum Gasteiger partial charge on any atom is 0.334 e. The standard InChI is InChI=1S/C13H28O3Si/c1-4-15-17(3,16-5-2)11-9-7-6-8-10-13-12-14-13/h13H,4-12H2,1-3H3. The number of rotatable bonds is 11. The van der Waals surface area contributed by atoms with Gasteiger partial charge in [-0.05, 0) is 32.9 Å². The summed E-state index contributed by atoms with van der Waals surface area (Å²) in [7, 11) is -1.84. The van der Waals surface area contributed by atoms with Crippen LogP contribution in [-0.4, -0.2) is 34.5 Å². The van der Waals surface area contributed by atoms with Crippen LogP contribution >= 0.6 is 0 Å². The quantitative estimate of drug-likeness (QED) is 0.324. The molecule has 1 rings (SSSR count). The average Bonchev–Trinajstić information content (AvgIpc) is 3.08. The van der Waals surface area contributed by atoms with Crippen molar-refractivity contribution in [2.75, 3.05) is 19.8 Å². The van der Waals surface area contributed by atoms with E-state index in [1.807, 2.05) is 0 Å². The molecule has 4 heteroatoms. The van der Waals surface area contributed by atoms with Crippen molar-refractivity contribution in [3.63, 3.8) is 0 Å². The van der Waals surface area contributed by atoms with Crippen LogP contribution in [0.2, 0.25) is 12.6 Å². The summed E-state index contributed by atoms with van der Waals surface area (Å²) in [6.07, 6.45) is 7.03. The second-order valence-corrected chi connectivity index (χ2v) is 8.25. The van der Waals surface area contributed by atoms with Gasteiger partial charge in [-0.25, -0.2) is 0 Å². The number of hydrogen-bond donors (Lipinski definition) is 0. The van der Waals surface area contributed by atoms with Gasteiger partial charge in [0.2, 0.25) is 0 Å². The van der Waals surface area contributed by atoms with Crippen LogP contribution in [0.25, 0.3) is 0 Å². The third-order valence-corrected chi connectivity index (χ3v) is 6.27. The van der Waals surface area contributed by atoms with Gasteiger partial charge < -0.3 is 13.6 Å². The van der Waals surface area contributed by atoms with Gasteiger partial charge in [-0.15, -0.1) is 0 Å². The molecule has 0 amide bonds. The van der Waals surface area contributed by atoms with Crippen molar-refractivity contribution in [1.29, 1.82) is 0 Å². The van der Waals surface area contributed by atoms with Gasteiger partial charge in [0.25, 0.3) is 0 Å². The Morgan fingerprint density at radius 3 is 2.18 bits per heavy atom. The van der Waals surface area contributed by atoms with E-state index in [9.17, 15) is 0 Å². The Bertz CT molecular complexity index is 189. The summed E-state index contributed by atoms with van der Waals surface area (Å²) in [5.41, 5.74) is 0. The smallest absolute Gasteiger partial charge is 0.334 e. The molecular weight excluding hydrogens is 232 g/mol. The molecule has 0 N–H and O–H groups in total. The molecule has 0 aromatic carbocycles. The molecule has 1 fully saturated rings. The normalized spacial score (nSPS) is 19.6. The van der Waals surface area contributed by atoms with Gasteiger partial charge in [-0.1, -0.05) is 25.7 Å². The van der Waals surface area contributed by atoms with Gasteiger partial charge in [0.15, 0.2) is 0 Å². The summed E-state index contributed by atoms with van der Waals surface area (Å²) in [6.45, 7) is 8.86. The van der Waals surface area contributed by atoms with E-state index in [2.05, 4.69) is 20.4 Å². The maximum atomic E-state index is 5.82. The summed E-state index contributed by atoms with van der Waals surface area (Å²) in [5.74, 6) is 0. The summed E-state index contributed by atoms with van der Waals surface area (Å²) >= 11 is 0. The van der Waals surface area contributed by atoms with Crippen LogP contribution in [0.3, 0.4) is 0 Å². The molecular formula is C13H28O3Si. The second-order valence-electron chi connectivity index (χ2n) is 4.91. The molecule has 102 valence electrons. The fourth-order valence-corrected chi connectivity index (χ4v) is 4.69. The molecule has 1 atom stereocenters. The van der Waals surface area contributed by atoms with Crippen LogP contribution in [0.1, 0.15) is 46.0 Å². The van der Waals surface area contributed by atoms with Crippen LogP contribution in [0, 0.1) is 0 Å². The van der Waals surface area contributed by atoms with E-state index in [0.29, 0.717) is 6.10 Å². The van der Waals surface area contributed by atoms with Gasteiger partial charge in [-0.3, -0.25) is 0 Å². The Morgan fingerprint density at radius 2 is 1.65 bits per heavy atom. The largest absolute Gasteiger partial charge is 0.395 e. The van der Waals surface area contributed by atoms with Gasteiger partial charge >= 0.3 is 8.56 Å². The lowest BCUT2D eigenvalue weighted by molar-refractivity contribution is 0.188. The molecule has 0 saturated carbocycles. The molecule has 0 aliphatic carbocycles. The first-order valence-electron chi connectivity index (χ1n) is 7.09. The molecule has 0 bridgehead atoms. The Balaban J connectivity index is 2.00. The molecule has 1 aliphatic heterocycles. The van der Waals surface area contributed by atoms with E-state index in [1.165, 1.54) is 32.1 Å². The number of epoxide rings is 1. The van der Waals surface area contributed by atoms with Crippen LogP contribution in [0.5, 0.6) is 0 Å². The van der Waals surface area contributed by atoms with Crippen LogP contribution < -0.4 is 0 Å². The highest BCUT2D eigenvalue weighted by molar-refractivity contribution is 6.66. The summed E-state index contributed by atoms with van der Waals surface area (Å²) < 4.78 is 16.8. The highest BCUT2D eigenvalue weighted by atomic mass is 28.4. The lowest BCUT2D eigenvalue weighted by atomic mass is 10.1. The molecule has 3 nitrogen and oxygen atoms in total. The topological polar surface area (TPSA) is 31.0 Å². The third-order valence-electron chi connectivity index (χ3n) is 3.21.